The predicted octanol–water partition coefficient (Wildman–Crippen LogP) is 6.16. The Bertz CT molecular complexity index is 926. The van der Waals surface area contributed by atoms with Crippen molar-refractivity contribution < 1.29 is 20.1 Å². The van der Waals surface area contributed by atoms with Crippen molar-refractivity contribution in [3.8, 4) is 11.5 Å². The van der Waals surface area contributed by atoms with Crippen molar-refractivity contribution in [1.82, 2.24) is 0 Å². The van der Waals surface area contributed by atoms with Crippen molar-refractivity contribution in [1.29, 1.82) is 0 Å². The van der Waals surface area contributed by atoms with E-state index in [4.69, 9.17) is 5.11 Å². The van der Waals surface area contributed by atoms with Crippen molar-refractivity contribution >= 4 is 5.97 Å². The number of hydrogen-bond acceptors (Lipinski definition) is 3. The minimum Gasteiger partial charge on any atom is -0.507 e. The molecule has 2 rings (SSSR count). The van der Waals surface area contributed by atoms with Crippen LogP contribution in [0.3, 0.4) is 0 Å². The number of phenolic OH excluding ortho intramolecular Hbond substituents is 2. The SMILES string of the molecule is C=CC(=O)O.Cc1cc(Cc2cc(C)c(O)c(C(C)(C)C)c2)c(O)c(C(C)(C)C)c1. The molecule has 4 nitrogen and oxygen atoms in total. The van der Waals surface area contributed by atoms with Crippen LogP contribution in [0.2, 0.25) is 0 Å². The number of carboxylic acids is 1. The van der Waals surface area contributed by atoms with Gasteiger partial charge in [-0.1, -0.05) is 78.0 Å². The van der Waals surface area contributed by atoms with Crippen LogP contribution < -0.4 is 0 Å². The van der Waals surface area contributed by atoms with Crippen LogP contribution in [0.5, 0.6) is 11.5 Å². The molecule has 0 radical (unpaired) electrons. The number of carboxylic acid groups (broad SMARTS) is 1. The highest BCUT2D eigenvalue weighted by molar-refractivity contribution is 5.78. The lowest BCUT2D eigenvalue weighted by Crippen LogP contribution is -2.13. The summed E-state index contributed by atoms with van der Waals surface area (Å²) in [6.45, 7) is 19.6. The van der Waals surface area contributed by atoms with Crippen LogP contribution in [0.4, 0.5) is 0 Å². The molecule has 2 aromatic rings. The largest absolute Gasteiger partial charge is 0.507 e. The van der Waals surface area contributed by atoms with Gasteiger partial charge in [0.15, 0.2) is 0 Å². The lowest BCUT2D eigenvalue weighted by molar-refractivity contribution is -0.131. The zero-order valence-corrected chi connectivity index (χ0v) is 19.6. The minimum absolute atomic E-state index is 0.105. The summed E-state index contributed by atoms with van der Waals surface area (Å²) in [5.41, 5.74) is 5.79. The first kappa shape index (κ1) is 25.3. The molecule has 3 N–H and O–H groups in total. The number of aryl methyl sites for hydroxylation is 2. The maximum atomic E-state index is 10.8. The molecule has 2 aromatic carbocycles. The molecule has 4 heteroatoms. The lowest BCUT2D eigenvalue weighted by atomic mass is 9.82. The topological polar surface area (TPSA) is 77.8 Å². The molecule has 164 valence electrons. The van der Waals surface area contributed by atoms with Gasteiger partial charge in [0.05, 0.1) is 0 Å². The van der Waals surface area contributed by atoms with E-state index >= 15 is 0 Å². The van der Waals surface area contributed by atoms with Crippen molar-refractivity contribution in [2.24, 2.45) is 0 Å². The summed E-state index contributed by atoms with van der Waals surface area (Å²) in [5, 5.41) is 28.8. The van der Waals surface area contributed by atoms with Crippen LogP contribution in [0.25, 0.3) is 0 Å². The molecule has 0 unspecified atom stereocenters. The van der Waals surface area contributed by atoms with Crippen molar-refractivity contribution in [3.05, 3.63) is 70.3 Å². The fraction of sp³-hybridized carbons (Fsp3) is 0.423. The maximum absolute atomic E-state index is 10.8. The number of benzene rings is 2. The molecule has 0 bridgehead atoms. The van der Waals surface area contributed by atoms with E-state index in [9.17, 15) is 15.0 Å². The Labute approximate surface area is 180 Å². The monoisotopic (exact) mass is 412 g/mol. The third-order valence-corrected chi connectivity index (χ3v) is 4.88. The molecule has 0 aliphatic heterocycles. The molecule has 0 aliphatic rings. The Hall–Kier alpha value is -2.75. The van der Waals surface area contributed by atoms with Gasteiger partial charge in [-0.05, 0) is 52.5 Å². The molecule has 0 saturated carbocycles. The predicted molar refractivity (Wildman–Crippen MR) is 124 cm³/mol. The second kappa shape index (κ2) is 9.38. The third kappa shape index (κ3) is 6.65. The summed E-state index contributed by atoms with van der Waals surface area (Å²) < 4.78 is 0. The van der Waals surface area contributed by atoms with E-state index < -0.39 is 5.97 Å². The second-order valence-corrected chi connectivity index (χ2v) is 9.85. The van der Waals surface area contributed by atoms with Crippen LogP contribution in [-0.2, 0) is 22.0 Å². The number of aliphatic carboxylic acids is 1. The fourth-order valence-electron chi connectivity index (χ4n) is 3.31. The van der Waals surface area contributed by atoms with Gasteiger partial charge in [-0.25, -0.2) is 4.79 Å². The normalized spacial score (nSPS) is 11.5. The molecule has 0 atom stereocenters. The van der Waals surface area contributed by atoms with Gasteiger partial charge in [0.2, 0.25) is 0 Å². The standard InChI is InChI=1S/C23H32O2.C3H4O2/c1-14-9-17(21(25)18(10-14)22(3,4)5)12-16-11-15(2)20(24)19(13-16)23(6,7)8;1-2-3(4)5/h9-11,13,24-25H,12H2,1-8H3;2H,1H2,(H,4,5). The van der Waals surface area contributed by atoms with E-state index in [1.54, 1.807) is 0 Å². The Morgan fingerprint density at radius 1 is 0.900 bits per heavy atom. The van der Waals surface area contributed by atoms with Gasteiger partial charge in [0.25, 0.3) is 0 Å². The van der Waals surface area contributed by atoms with E-state index in [2.05, 4.69) is 73.2 Å². The second-order valence-electron chi connectivity index (χ2n) is 9.85. The van der Waals surface area contributed by atoms with E-state index in [-0.39, 0.29) is 10.8 Å². The van der Waals surface area contributed by atoms with E-state index in [1.165, 1.54) is 0 Å². The molecule has 0 aromatic heterocycles. The first-order chi connectivity index (χ1) is 13.6. The molecule has 0 spiro atoms. The zero-order valence-electron chi connectivity index (χ0n) is 19.6. The van der Waals surface area contributed by atoms with Crippen LogP contribution in [0.15, 0.2) is 36.9 Å². The Morgan fingerprint density at radius 2 is 1.37 bits per heavy atom. The van der Waals surface area contributed by atoms with Gasteiger partial charge in [0.1, 0.15) is 11.5 Å². The fourth-order valence-corrected chi connectivity index (χ4v) is 3.31. The Balaban J connectivity index is 0.000000804. The summed E-state index contributed by atoms with van der Waals surface area (Å²) in [6.07, 6.45) is 1.49. The van der Waals surface area contributed by atoms with Gasteiger partial charge in [0, 0.05) is 12.5 Å². The molecule has 0 amide bonds. The summed E-state index contributed by atoms with van der Waals surface area (Å²) >= 11 is 0. The highest BCUT2D eigenvalue weighted by Gasteiger charge is 2.23. The van der Waals surface area contributed by atoms with E-state index in [1.807, 2.05) is 13.0 Å². The van der Waals surface area contributed by atoms with Gasteiger partial charge in [-0.3, -0.25) is 0 Å². The molecule has 0 aliphatic carbocycles. The van der Waals surface area contributed by atoms with Gasteiger partial charge < -0.3 is 15.3 Å². The lowest BCUT2D eigenvalue weighted by Gasteiger charge is -2.24. The van der Waals surface area contributed by atoms with Crippen LogP contribution in [-0.4, -0.2) is 21.3 Å². The molecule has 30 heavy (non-hydrogen) atoms. The van der Waals surface area contributed by atoms with E-state index in [0.717, 1.165) is 39.5 Å². The van der Waals surface area contributed by atoms with Gasteiger partial charge in [-0.2, -0.15) is 0 Å². The first-order valence-corrected chi connectivity index (χ1v) is 10.1. The van der Waals surface area contributed by atoms with E-state index in [0.29, 0.717) is 17.9 Å². The Kier molecular flexibility index (Phi) is 7.90. The van der Waals surface area contributed by atoms with Gasteiger partial charge in [-0.15, -0.1) is 0 Å². The summed E-state index contributed by atoms with van der Waals surface area (Å²) in [5.74, 6) is -0.216. The molecular formula is C26H36O4. The van der Waals surface area contributed by atoms with Crippen LogP contribution in [0, 0.1) is 13.8 Å². The molecule has 0 saturated heterocycles. The number of aromatic hydroxyl groups is 2. The average molecular weight is 413 g/mol. The number of rotatable bonds is 3. The minimum atomic E-state index is -0.981. The molecule has 0 heterocycles. The van der Waals surface area contributed by atoms with Crippen molar-refractivity contribution in [2.75, 3.05) is 0 Å². The van der Waals surface area contributed by atoms with Crippen molar-refractivity contribution in [3.63, 3.8) is 0 Å². The highest BCUT2D eigenvalue weighted by Crippen LogP contribution is 2.38. The molecular weight excluding hydrogens is 376 g/mol. The number of carbonyl (C=O) groups is 1. The smallest absolute Gasteiger partial charge is 0.327 e. The summed E-state index contributed by atoms with van der Waals surface area (Å²) in [7, 11) is 0. The van der Waals surface area contributed by atoms with Crippen LogP contribution in [0.1, 0.15) is 74.9 Å². The highest BCUT2D eigenvalue weighted by atomic mass is 16.4. The summed E-state index contributed by atoms with van der Waals surface area (Å²) in [4.78, 5) is 9.25. The van der Waals surface area contributed by atoms with Gasteiger partial charge >= 0.3 is 5.97 Å². The number of hydrogen-bond donors (Lipinski definition) is 3. The first-order valence-electron chi connectivity index (χ1n) is 10.1. The van der Waals surface area contributed by atoms with Crippen molar-refractivity contribution in [2.45, 2.75) is 72.6 Å². The van der Waals surface area contributed by atoms with Crippen LogP contribution >= 0.6 is 0 Å². The maximum Gasteiger partial charge on any atom is 0.327 e. The average Bonchev–Trinajstić information content (AvgIpc) is 2.59. The Morgan fingerprint density at radius 3 is 1.80 bits per heavy atom. The molecule has 0 fully saturated rings. The summed E-state index contributed by atoms with van der Waals surface area (Å²) in [6, 6.07) is 8.22. The zero-order chi connectivity index (χ0) is 23.4. The quantitative estimate of drug-likeness (QED) is 0.528. The third-order valence-electron chi connectivity index (χ3n) is 4.88. The number of phenols is 2.